The van der Waals surface area contributed by atoms with Gasteiger partial charge in [-0.3, -0.25) is 0 Å². The van der Waals surface area contributed by atoms with Gasteiger partial charge in [0, 0.05) is 11.7 Å². The molecular formula is C16H22N4. The molecule has 0 aliphatic heterocycles. The minimum Gasteiger partial charge on any atom is -0.382 e. The van der Waals surface area contributed by atoms with Crippen LogP contribution in [0.4, 0.5) is 5.69 Å². The SMILES string of the molecule is CC(C)C1CC(Nc2ccc(Cn3cncn3)cc2)C1. The fourth-order valence-corrected chi connectivity index (χ4v) is 2.77. The second kappa shape index (κ2) is 5.65. The van der Waals surface area contributed by atoms with Crippen molar-refractivity contribution in [2.75, 3.05) is 5.32 Å². The number of benzene rings is 1. The third kappa shape index (κ3) is 3.00. The molecule has 1 aliphatic carbocycles. The topological polar surface area (TPSA) is 42.7 Å². The summed E-state index contributed by atoms with van der Waals surface area (Å²) in [6.07, 6.45) is 5.92. The first-order valence-corrected chi connectivity index (χ1v) is 7.38. The fourth-order valence-electron chi connectivity index (χ4n) is 2.77. The highest BCUT2D eigenvalue weighted by Gasteiger charge is 2.30. The molecule has 3 rings (SSSR count). The first-order valence-electron chi connectivity index (χ1n) is 7.38. The maximum atomic E-state index is 4.12. The second-order valence-corrected chi connectivity index (χ2v) is 6.11. The summed E-state index contributed by atoms with van der Waals surface area (Å²) in [5.41, 5.74) is 2.47. The van der Waals surface area contributed by atoms with E-state index in [9.17, 15) is 0 Å². The van der Waals surface area contributed by atoms with Crippen LogP contribution in [0.5, 0.6) is 0 Å². The van der Waals surface area contributed by atoms with Gasteiger partial charge in [0.15, 0.2) is 0 Å². The smallest absolute Gasteiger partial charge is 0.137 e. The van der Waals surface area contributed by atoms with Crippen molar-refractivity contribution in [3.05, 3.63) is 42.5 Å². The van der Waals surface area contributed by atoms with E-state index in [1.807, 2.05) is 4.68 Å². The van der Waals surface area contributed by atoms with E-state index in [0.717, 1.165) is 18.4 Å². The van der Waals surface area contributed by atoms with Crippen molar-refractivity contribution in [2.24, 2.45) is 11.8 Å². The van der Waals surface area contributed by atoms with Crippen LogP contribution >= 0.6 is 0 Å². The van der Waals surface area contributed by atoms with Crippen LogP contribution < -0.4 is 5.32 Å². The number of aromatic nitrogens is 3. The summed E-state index contributed by atoms with van der Waals surface area (Å²) < 4.78 is 1.83. The Kier molecular flexibility index (Phi) is 3.72. The largest absolute Gasteiger partial charge is 0.382 e. The molecule has 4 nitrogen and oxygen atoms in total. The van der Waals surface area contributed by atoms with Gasteiger partial charge >= 0.3 is 0 Å². The summed E-state index contributed by atoms with van der Waals surface area (Å²) >= 11 is 0. The zero-order chi connectivity index (χ0) is 13.9. The monoisotopic (exact) mass is 270 g/mol. The normalized spacial score (nSPS) is 21.8. The molecule has 0 unspecified atom stereocenters. The van der Waals surface area contributed by atoms with Gasteiger partial charge in [0.05, 0.1) is 6.54 Å². The van der Waals surface area contributed by atoms with E-state index in [2.05, 4.69) is 53.5 Å². The van der Waals surface area contributed by atoms with E-state index in [1.165, 1.54) is 24.1 Å². The van der Waals surface area contributed by atoms with Crippen molar-refractivity contribution in [1.29, 1.82) is 0 Å². The quantitative estimate of drug-likeness (QED) is 0.907. The number of anilines is 1. The number of rotatable bonds is 5. The molecule has 0 radical (unpaired) electrons. The van der Waals surface area contributed by atoms with Crippen molar-refractivity contribution >= 4 is 5.69 Å². The van der Waals surface area contributed by atoms with E-state index in [1.54, 1.807) is 12.7 Å². The van der Waals surface area contributed by atoms with Crippen molar-refractivity contribution in [3.63, 3.8) is 0 Å². The predicted octanol–water partition coefficient (Wildman–Crippen LogP) is 3.17. The van der Waals surface area contributed by atoms with Gasteiger partial charge in [-0.2, -0.15) is 5.10 Å². The van der Waals surface area contributed by atoms with E-state index in [4.69, 9.17) is 0 Å². The summed E-state index contributed by atoms with van der Waals surface area (Å²) in [7, 11) is 0. The van der Waals surface area contributed by atoms with Crippen molar-refractivity contribution < 1.29 is 0 Å². The molecule has 1 aliphatic rings. The molecule has 1 N–H and O–H groups in total. The van der Waals surface area contributed by atoms with Crippen molar-refractivity contribution in [2.45, 2.75) is 39.3 Å². The third-order valence-corrected chi connectivity index (χ3v) is 4.25. The minimum atomic E-state index is 0.656. The lowest BCUT2D eigenvalue weighted by Crippen LogP contribution is -2.37. The molecule has 1 saturated carbocycles. The maximum absolute atomic E-state index is 4.12. The Labute approximate surface area is 120 Å². The highest BCUT2D eigenvalue weighted by molar-refractivity contribution is 5.46. The molecule has 20 heavy (non-hydrogen) atoms. The average Bonchev–Trinajstić information content (AvgIpc) is 2.87. The Balaban J connectivity index is 1.52. The zero-order valence-electron chi connectivity index (χ0n) is 12.2. The van der Waals surface area contributed by atoms with E-state index in [-0.39, 0.29) is 0 Å². The fraction of sp³-hybridized carbons (Fsp3) is 0.500. The highest BCUT2D eigenvalue weighted by Crippen LogP contribution is 2.35. The second-order valence-electron chi connectivity index (χ2n) is 6.11. The maximum Gasteiger partial charge on any atom is 0.137 e. The molecule has 2 aromatic rings. The van der Waals surface area contributed by atoms with E-state index < -0.39 is 0 Å². The van der Waals surface area contributed by atoms with Gasteiger partial charge in [-0.25, -0.2) is 9.67 Å². The first kappa shape index (κ1) is 13.2. The molecule has 0 atom stereocenters. The molecule has 0 saturated heterocycles. The molecule has 0 amide bonds. The van der Waals surface area contributed by atoms with Gasteiger partial charge in [-0.05, 0) is 42.4 Å². The van der Waals surface area contributed by atoms with Crippen LogP contribution in [0.1, 0.15) is 32.3 Å². The van der Waals surface area contributed by atoms with E-state index >= 15 is 0 Å². The van der Waals surface area contributed by atoms with Crippen molar-refractivity contribution in [1.82, 2.24) is 14.8 Å². The Morgan fingerprint density at radius 1 is 1.25 bits per heavy atom. The summed E-state index contributed by atoms with van der Waals surface area (Å²) in [5, 5.41) is 7.73. The summed E-state index contributed by atoms with van der Waals surface area (Å²) in [6.45, 7) is 5.42. The van der Waals surface area contributed by atoms with Crippen LogP contribution in [0.15, 0.2) is 36.9 Å². The molecule has 1 aromatic carbocycles. The van der Waals surface area contributed by atoms with Crippen LogP contribution in [-0.4, -0.2) is 20.8 Å². The Hall–Kier alpha value is -1.84. The minimum absolute atomic E-state index is 0.656. The summed E-state index contributed by atoms with van der Waals surface area (Å²) in [4.78, 5) is 3.95. The van der Waals surface area contributed by atoms with Crippen LogP contribution in [0.2, 0.25) is 0 Å². The average molecular weight is 270 g/mol. The van der Waals surface area contributed by atoms with Crippen LogP contribution in [-0.2, 0) is 6.54 Å². The lowest BCUT2D eigenvalue weighted by molar-refractivity contribution is 0.212. The number of hydrogen-bond donors (Lipinski definition) is 1. The number of nitrogens with zero attached hydrogens (tertiary/aromatic N) is 3. The van der Waals surface area contributed by atoms with Gasteiger partial charge in [0.2, 0.25) is 0 Å². The third-order valence-electron chi connectivity index (χ3n) is 4.25. The molecule has 0 bridgehead atoms. The van der Waals surface area contributed by atoms with Gasteiger partial charge < -0.3 is 5.32 Å². The lowest BCUT2D eigenvalue weighted by Gasteiger charge is -2.39. The van der Waals surface area contributed by atoms with Crippen LogP contribution in [0, 0.1) is 11.8 Å². The van der Waals surface area contributed by atoms with Crippen molar-refractivity contribution in [3.8, 4) is 0 Å². The molecule has 1 fully saturated rings. The molecule has 0 spiro atoms. The Morgan fingerprint density at radius 2 is 2.00 bits per heavy atom. The Bertz CT molecular complexity index is 524. The first-order chi connectivity index (χ1) is 9.70. The molecule has 106 valence electrons. The lowest BCUT2D eigenvalue weighted by atomic mass is 9.73. The van der Waals surface area contributed by atoms with Gasteiger partial charge in [0.1, 0.15) is 12.7 Å². The highest BCUT2D eigenvalue weighted by atomic mass is 15.3. The molecule has 1 aromatic heterocycles. The standard InChI is InChI=1S/C16H22N4/c1-12(2)14-7-16(8-14)19-15-5-3-13(4-6-15)9-20-11-17-10-18-20/h3-6,10-12,14,16,19H,7-9H2,1-2H3. The van der Waals surface area contributed by atoms with Crippen LogP contribution in [0.3, 0.4) is 0 Å². The molecule has 4 heteroatoms. The van der Waals surface area contributed by atoms with Gasteiger partial charge in [0.25, 0.3) is 0 Å². The molecular weight excluding hydrogens is 248 g/mol. The summed E-state index contributed by atoms with van der Waals surface area (Å²) in [6, 6.07) is 9.29. The Morgan fingerprint density at radius 3 is 2.60 bits per heavy atom. The predicted molar refractivity (Wildman–Crippen MR) is 80.5 cm³/mol. The van der Waals surface area contributed by atoms with Gasteiger partial charge in [-0.1, -0.05) is 26.0 Å². The van der Waals surface area contributed by atoms with Crippen LogP contribution in [0.25, 0.3) is 0 Å². The number of nitrogens with one attached hydrogen (secondary N) is 1. The molecule has 1 heterocycles. The van der Waals surface area contributed by atoms with E-state index in [0.29, 0.717) is 6.04 Å². The van der Waals surface area contributed by atoms with Gasteiger partial charge in [-0.15, -0.1) is 0 Å². The zero-order valence-corrected chi connectivity index (χ0v) is 12.2. The number of hydrogen-bond acceptors (Lipinski definition) is 3. The summed E-state index contributed by atoms with van der Waals surface area (Å²) in [5.74, 6) is 1.72.